The highest BCUT2D eigenvalue weighted by atomic mass is 16.5. The molecule has 1 rings (SSSR count). The van der Waals surface area contributed by atoms with Gasteiger partial charge in [0.15, 0.2) is 0 Å². The van der Waals surface area contributed by atoms with Crippen LogP contribution in [0.2, 0.25) is 0 Å². The lowest BCUT2D eigenvalue weighted by Crippen LogP contribution is -2.31. The van der Waals surface area contributed by atoms with Gasteiger partial charge in [-0.05, 0) is 32.4 Å². The minimum Gasteiger partial charge on any atom is -0.468 e. The number of carbonyl (C=O) groups excluding carboxylic acids is 2. The van der Waals surface area contributed by atoms with Gasteiger partial charge >= 0.3 is 0 Å². The predicted octanol–water partition coefficient (Wildman–Crippen LogP) is 2.39. The lowest BCUT2D eigenvalue weighted by Gasteiger charge is -2.10. The van der Waals surface area contributed by atoms with Gasteiger partial charge in [-0.1, -0.05) is 25.1 Å². The summed E-state index contributed by atoms with van der Waals surface area (Å²) in [5.74, 6) is 0.00921. The number of amides is 1. The van der Waals surface area contributed by atoms with Gasteiger partial charge in [0, 0.05) is 11.6 Å². The molecule has 0 heterocycles. The fourth-order valence-electron chi connectivity index (χ4n) is 1.07. The molecular formula is C14H21NO3. The van der Waals surface area contributed by atoms with E-state index in [1.807, 2.05) is 37.3 Å². The molecule has 1 unspecified atom stereocenters. The molecule has 1 aromatic rings. The maximum absolute atomic E-state index is 11.5. The molecule has 0 aliphatic heterocycles. The fraction of sp³-hybridized carbons (Fsp3) is 0.429. The smallest absolute Gasteiger partial charge is 0.293 e. The van der Waals surface area contributed by atoms with Gasteiger partial charge < -0.3 is 10.1 Å². The van der Waals surface area contributed by atoms with Crippen molar-refractivity contribution >= 4 is 12.4 Å². The number of ether oxygens (including phenoxy) is 1. The summed E-state index contributed by atoms with van der Waals surface area (Å²) in [6.07, 6.45) is 0.957. The summed E-state index contributed by atoms with van der Waals surface area (Å²) in [4.78, 5) is 20.7. The molecule has 4 nitrogen and oxygen atoms in total. The van der Waals surface area contributed by atoms with Crippen LogP contribution in [-0.4, -0.2) is 25.0 Å². The first kappa shape index (κ1) is 16.2. The first-order valence-corrected chi connectivity index (χ1v) is 6.06. The summed E-state index contributed by atoms with van der Waals surface area (Å²) in [5, 5.41) is 2.91. The van der Waals surface area contributed by atoms with E-state index >= 15 is 0 Å². The molecule has 100 valence electrons. The molecule has 0 spiro atoms. The van der Waals surface area contributed by atoms with Crippen LogP contribution in [0.5, 0.6) is 0 Å². The normalized spacial score (nSPS) is 10.6. The Hall–Kier alpha value is -1.84. The van der Waals surface area contributed by atoms with Crippen LogP contribution in [0.3, 0.4) is 0 Å². The molecule has 0 bridgehead atoms. The van der Waals surface area contributed by atoms with Crippen LogP contribution in [0.15, 0.2) is 30.3 Å². The molecule has 0 radical (unpaired) electrons. The van der Waals surface area contributed by atoms with Crippen LogP contribution in [0.1, 0.15) is 37.6 Å². The van der Waals surface area contributed by atoms with E-state index in [0.717, 1.165) is 12.0 Å². The van der Waals surface area contributed by atoms with Crippen molar-refractivity contribution in [2.24, 2.45) is 0 Å². The molecule has 1 amide bonds. The van der Waals surface area contributed by atoms with Crippen LogP contribution in [-0.2, 0) is 9.53 Å². The number of benzene rings is 1. The van der Waals surface area contributed by atoms with Crippen molar-refractivity contribution < 1.29 is 14.3 Å². The molecule has 0 aliphatic rings. The van der Waals surface area contributed by atoms with Gasteiger partial charge in [0.25, 0.3) is 12.4 Å². The first-order chi connectivity index (χ1) is 8.65. The summed E-state index contributed by atoms with van der Waals surface area (Å²) in [6.45, 7) is 6.72. The quantitative estimate of drug-likeness (QED) is 0.817. The first-order valence-electron chi connectivity index (χ1n) is 6.06. The van der Waals surface area contributed by atoms with Crippen molar-refractivity contribution in [1.29, 1.82) is 0 Å². The second-order valence-electron chi connectivity index (χ2n) is 3.70. The zero-order chi connectivity index (χ0) is 13.8. The maximum Gasteiger partial charge on any atom is 0.293 e. The Morgan fingerprint density at radius 1 is 1.33 bits per heavy atom. The highest BCUT2D eigenvalue weighted by molar-refractivity contribution is 5.94. The van der Waals surface area contributed by atoms with Gasteiger partial charge in [0.1, 0.15) is 0 Å². The van der Waals surface area contributed by atoms with Crippen molar-refractivity contribution in [2.45, 2.75) is 33.2 Å². The Morgan fingerprint density at radius 2 is 1.94 bits per heavy atom. The Balaban J connectivity index is 0.000000494. The minimum absolute atomic E-state index is 0.00921. The molecule has 0 fully saturated rings. The summed E-state index contributed by atoms with van der Waals surface area (Å²) in [6, 6.07) is 9.51. The van der Waals surface area contributed by atoms with Gasteiger partial charge in [-0.3, -0.25) is 9.59 Å². The van der Waals surface area contributed by atoms with Crippen LogP contribution in [0, 0.1) is 0 Å². The molecule has 1 atom stereocenters. The van der Waals surface area contributed by atoms with Crippen LogP contribution >= 0.6 is 0 Å². The standard InChI is InChI=1S/C11H15NO.C3H6O2/c1-3-9(2)12-11(13)10-7-5-4-6-8-10;1-2-5-3-4/h4-9H,3H2,1-2H3,(H,12,13);3H,2H2,1H3. The third-order valence-corrected chi connectivity index (χ3v) is 2.26. The van der Waals surface area contributed by atoms with E-state index in [9.17, 15) is 9.59 Å². The van der Waals surface area contributed by atoms with Crippen molar-refractivity contribution in [3.05, 3.63) is 35.9 Å². The molecule has 0 saturated carbocycles. The lowest BCUT2D eigenvalue weighted by molar-refractivity contribution is -0.128. The van der Waals surface area contributed by atoms with E-state index < -0.39 is 0 Å². The van der Waals surface area contributed by atoms with Gasteiger partial charge in [0.05, 0.1) is 6.61 Å². The Morgan fingerprint density at radius 3 is 2.33 bits per heavy atom. The van der Waals surface area contributed by atoms with Gasteiger partial charge in [-0.2, -0.15) is 0 Å². The van der Waals surface area contributed by atoms with Crippen LogP contribution in [0.25, 0.3) is 0 Å². The van der Waals surface area contributed by atoms with Gasteiger partial charge in [-0.25, -0.2) is 0 Å². The van der Waals surface area contributed by atoms with E-state index in [2.05, 4.69) is 17.0 Å². The average molecular weight is 251 g/mol. The molecule has 0 aromatic heterocycles. The van der Waals surface area contributed by atoms with Crippen LogP contribution < -0.4 is 5.32 Å². The van der Waals surface area contributed by atoms with E-state index in [1.54, 1.807) is 6.92 Å². The van der Waals surface area contributed by atoms with E-state index in [1.165, 1.54) is 0 Å². The molecule has 1 aromatic carbocycles. The summed E-state index contributed by atoms with van der Waals surface area (Å²) in [5.41, 5.74) is 0.725. The maximum atomic E-state index is 11.5. The highest BCUT2D eigenvalue weighted by Crippen LogP contribution is 1.99. The zero-order valence-corrected chi connectivity index (χ0v) is 11.2. The average Bonchev–Trinajstić information content (AvgIpc) is 2.41. The largest absolute Gasteiger partial charge is 0.468 e. The van der Waals surface area contributed by atoms with Gasteiger partial charge in [0.2, 0.25) is 0 Å². The van der Waals surface area contributed by atoms with Crippen LogP contribution in [0.4, 0.5) is 0 Å². The molecule has 0 saturated heterocycles. The number of nitrogens with one attached hydrogen (secondary N) is 1. The number of hydrogen-bond donors (Lipinski definition) is 1. The van der Waals surface area contributed by atoms with Crippen molar-refractivity contribution in [2.75, 3.05) is 6.61 Å². The molecule has 4 heteroatoms. The Bertz CT molecular complexity index is 338. The minimum atomic E-state index is 0.00921. The van der Waals surface area contributed by atoms with Crippen molar-refractivity contribution in [3.8, 4) is 0 Å². The van der Waals surface area contributed by atoms with E-state index in [4.69, 9.17) is 0 Å². The molecule has 0 aliphatic carbocycles. The highest BCUT2D eigenvalue weighted by Gasteiger charge is 2.06. The number of rotatable bonds is 5. The fourth-order valence-corrected chi connectivity index (χ4v) is 1.07. The van der Waals surface area contributed by atoms with Crippen molar-refractivity contribution in [3.63, 3.8) is 0 Å². The van der Waals surface area contributed by atoms with Gasteiger partial charge in [-0.15, -0.1) is 0 Å². The third kappa shape index (κ3) is 7.44. The van der Waals surface area contributed by atoms with E-state index in [0.29, 0.717) is 13.1 Å². The monoisotopic (exact) mass is 251 g/mol. The molecular weight excluding hydrogens is 230 g/mol. The Kier molecular flexibility index (Phi) is 9.27. The summed E-state index contributed by atoms with van der Waals surface area (Å²) in [7, 11) is 0. The molecule has 18 heavy (non-hydrogen) atoms. The SMILES string of the molecule is CCC(C)NC(=O)c1ccccc1.CCOC=O. The second-order valence-corrected chi connectivity index (χ2v) is 3.70. The van der Waals surface area contributed by atoms with Crippen molar-refractivity contribution in [1.82, 2.24) is 5.32 Å². The Labute approximate surface area is 108 Å². The zero-order valence-electron chi connectivity index (χ0n) is 11.2. The number of carbonyl (C=O) groups is 2. The summed E-state index contributed by atoms with van der Waals surface area (Å²) >= 11 is 0. The lowest BCUT2D eigenvalue weighted by atomic mass is 10.2. The summed E-state index contributed by atoms with van der Waals surface area (Å²) < 4.78 is 4.15. The number of hydrogen-bond acceptors (Lipinski definition) is 3. The van der Waals surface area contributed by atoms with E-state index in [-0.39, 0.29) is 11.9 Å². The molecule has 1 N–H and O–H groups in total. The topological polar surface area (TPSA) is 55.4 Å². The third-order valence-electron chi connectivity index (χ3n) is 2.26. The second kappa shape index (κ2) is 10.3. The predicted molar refractivity (Wildman–Crippen MR) is 71.4 cm³/mol.